The highest BCUT2D eigenvalue weighted by molar-refractivity contribution is 7.99. The van der Waals surface area contributed by atoms with E-state index in [2.05, 4.69) is 10.3 Å². The maximum Gasteiger partial charge on any atom is 0.293 e. The number of nitro benzene ring substituents is 1. The highest BCUT2D eigenvalue weighted by atomic mass is 32.2. The molecule has 0 spiro atoms. The van der Waals surface area contributed by atoms with Crippen LogP contribution in [0.25, 0.3) is 21.3 Å². The largest absolute Gasteiger partial charge is 0.379 e. The van der Waals surface area contributed by atoms with Crippen molar-refractivity contribution in [2.75, 3.05) is 17.6 Å². The Labute approximate surface area is 244 Å². The molecule has 0 saturated heterocycles. The third-order valence-corrected chi connectivity index (χ3v) is 9.40. The van der Waals surface area contributed by atoms with Gasteiger partial charge in [0.1, 0.15) is 5.69 Å². The van der Waals surface area contributed by atoms with E-state index in [-0.39, 0.29) is 16.1 Å². The normalized spacial score (nSPS) is 11.3. The number of fused-ring (bicyclic) bond motifs is 1. The van der Waals surface area contributed by atoms with Gasteiger partial charge in [0.25, 0.3) is 21.6 Å². The molecule has 208 valence electrons. The second kappa shape index (κ2) is 12.1. The quantitative estimate of drug-likeness (QED) is 0.0799. The Kier molecular flexibility index (Phi) is 8.34. The van der Waals surface area contributed by atoms with Gasteiger partial charge in [-0.05, 0) is 66.6 Å². The number of rotatable bonds is 10. The number of amides is 1. The van der Waals surface area contributed by atoms with Crippen LogP contribution in [0.1, 0.15) is 15.4 Å². The summed E-state index contributed by atoms with van der Waals surface area (Å²) in [5.74, 6) is -0.195. The Bertz CT molecular complexity index is 1840. The minimum absolute atomic E-state index is 0.131. The van der Waals surface area contributed by atoms with Crippen LogP contribution in [0.5, 0.6) is 0 Å². The molecule has 0 fully saturated rings. The molecule has 0 aliphatic heterocycles. The molecule has 1 heterocycles. The zero-order valence-corrected chi connectivity index (χ0v) is 24.2. The Hall–Kier alpha value is -4.26. The summed E-state index contributed by atoms with van der Waals surface area (Å²) in [5, 5.41) is 15.7. The van der Waals surface area contributed by atoms with Gasteiger partial charge in [-0.1, -0.05) is 36.4 Å². The molecular weight excluding hydrogens is 581 g/mol. The zero-order chi connectivity index (χ0) is 29.0. The van der Waals surface area contributed by atoms with Crippen LogP contribution in [0.4, 0.5) is 11.4 Å². The van der Waals surface area contributed by atoms with E-state index in [0.717, 1.165) is 37.3 Å². The smallest absolute Gasteiger partial charge is 0.293 e. The molecule has 2 N–H and O–H groups in total. The van der Waals surface area contributed by atoms with Gasteiger partial charge in [-0.25, -0.2) is 18.1 Å². The van der Waals surface area contributed by atoms with E-state index in [0.29, 0.717) is 12.3 Å². The number of carbonyl (C=O) groups excluding carboxylic acids is 1. The van der Waals surface area contributed by atoms with E-state index in [1.807, 2.05) is 60.2 Å². The second-order valence-electron chi connectivity index (χ2n) is 8.95. The number of nitrogens with one attached hydrogen (secondary N) is 2. The number of hydrogen-bond acceptors (Lipinski definition) is 9. The Morgan fingerprint density at radius 1 is 0.976 bits per heavy atom. The number of nitro groups is 1. The summed E-state index contributed by atoms with van der Waals surface area (Å²) in [6.45, 7) is 2.37. The maximum absolute atomic E-state index is 12.9. The fourth-order valence-electron chi connectivity index (χ4n) is 4.13. The molecular formula is C29H24N4O5S3. The monoisotopic (exact) mass is 604 g/mol. The zero-order valence-electron chi connectivity index (χ0n) is 21.7. The summed E-state index contributed by atoms with van der Waals surface area (Å²) >= 11 is 3.20. The molecule has 0 saturated carbocycles. The number of sulfonamides is 1. The van der Waals surface area contributed by atoms with Gasteiger partial charge in [0.15, 0.2) is 0 Å². The molecule has 5 rings (SSSR count). The first-order chi connectivity index (χ1) is 19.7. The summed E-state index contributed by atoms with van der Waals surface area (Å²) in [4.78, 5) is 29.0. The van der Waals surface area contributed by atoms with Crippen molar-refractivity contribution in [3.63, 3.8) is 0 Å². The van der Waals surface area contributed by atoms with Crippen molar-refractivity contribution >= 4 is 60.6 Å². The van der Waals surface area contributed by atoms with Crippen molar-refractivity contribution in [3.8, 4) is 11.1 Å². The maximum atomic E-state index is 12.9. The number of hydrogen-bond donors (Lipinski definition) is 2. The van der Waals surface area contributed by atoms with Crippen LogP contribution in [0.15, 0.2) is 101 Å². The lowest BCUT2D eigenvalue weighted by Crippen LogP contribution is -2.30. The molecule has 0 radical (unpaired) electrons. The molecule has 0 unspecified atom stereocenters. The molecule has 41 heavy (non-hydrogen) atoms. The first-order valence-corrected chi connectivity index (χ1v) is 15.7. The van der Waals surface area contributed by atoms with E-state index in [9.17, 15) is 23.3 Å². The summed E-state index contributed by atoms with van der Waals surface area (Å²) < 4.78 is 29.0. The topological polar surface area (TPSA) is 131 Å². The van der Waals surface area contributed by atoms with Gasteiger partial charge in [0.2, 0.25) is 0 Å². The first-order valence-electron chi connectivity index (χ1n) is 12.4. The van der Waals surface area contributed by atoms with Crippen LogP contribution in [-0.4, -0.2) is 36.5 Å². The minimum Gasteiger partial charge on any atom is -0.379 e. The highest BCUT2D eigenvalue weighted by Gasteiger charge is 2.24. The molecule has 0 aliphatic rings. The number of aryl methyl sites for hydroxylation is 1. The SMILES string of the molecule is Cc1nc2cc(-c3ccc(C(=O)NS(=O)(=O)c4ccc(NCCSc5ccccc5)c([N+](=O)[O-])c4)cc3)ccc2s1. The number of thioether (sulfide) groups is 1. The number of thiazole rings is 1. The number of benzene rings is 4. The fourth-order valence-corrected chi connectivity index (χ4v) is 6.72. The van der Waals surface area contributed by atoms with Gasteiger partial charge in [-0.2, -0.15) is 0 Å². The van der Waals surface area contributed by atoms with Crippen molar-refractivity contribution < 1.29 is 18.1 Å². The molecule has 9 nitrogen and oxygen atoms in total. The van der Waals surface area contributed by atoms with Gasteiger partial charge in [-0.3, -0.25) is 14.9 Å². The van der Waals surface area contributed by atoms with Crippen molar-refractivity contribution in [3.05, 3.63) is 112 Å². The van der Waals surface area contributed by atoms with Crippen molar-refractivity contribution in [2.24, 2.45) is 0 Å². The van der Waals surface area contributed by atoms with Crippen molar-refractivity contribution in [2.45, 2.75) is 16.7 Å². The predicted molar refractivity (Wildman–Crippen MR) is 163 cm³/mol. The van der Waals surface area contributed by atoms with Crippen LogP contribution in [0.2, 0.25) is 0 Å². The summed E-state index contributed by atoms with van der Waals surface area (Å²) in [5.41, 5.74) is 2.57. The van der Waals surface area contributed by atoms with Crippen molar-refractivity contribution in [1.29, 1.82) is 0 Å². The third-order valence-electron chi connectivity index (χ3n) is 6.11. The van der Waals surface area contributed by atoms with Gasteiger partial charge in [0.05, 0.1) is 25.0 Å². The van der Waals surface area contributed by atoms with E-state index in [1.54, 1.807) is 35.2 Å². The molecule has 4 aromatic carbocycles. The Balaban J connectivity index is 1.25. The fraction of sp³-hybridized carbons (Fsp3) is 0.103. The summed E-state index contributed by atoms with van der Waals surface area (Å²) in [7, 11) is -4.37. The Morgan fingerprint density at radius 2 is 1.71 bits per heavy atom. The average molecular weight is 605 g/mol. The number of anilines is 1. The van der Waals surface area contributed by atoms with E-state index in [1.165, 1.54) is 24.3 Å². The summed E-state index contributed by atoms with van der Waals surface area (Å²) in [6.07, 6.45) is 0. The molecule has 5 aromatic rings. The lowest BCUT2D eigenvalue weighted by molar-refractivity contribution is -0.384. The number of carbonyl (C=O) groups is 1. The highest BCUT2D eigenvalue weighted by Crippen LogP contribution is 2.29. The summed E-state index contributed by atoms with van der Waals surface area (Å²) in [6, 6.07) is 25.7. The van der Waals surface area contributed by atoms with E-state index >= 15 is 0 Å². The van der Waals surface area contributed by atoms with E-state index in [4.69, 9.17) is 0 Å². The van der Waals surface area contributed by atoms with Gasteiger partial charge in [0, 0.05) is 28.8 Å². The second-order valence-corrected chi connectivity index (χ2v) is 13.0. The van der Waals surface area contributed by atoms with Crippen LogP contribution < -0.4 is 10.0 Å². The number of nitrogens with zero attached hydrogens (tertiary/aromatic N) is 2. The third kappa shape index (κ3) is 6.73. The molecule has 1 amide bonds. The molecule has 12 heteroatoms. The van der Waals surface area contributed by atoms with Crippen LogP contribution in [0.3, 0.4) is 0 Å². The molecule has 0 atom stereocenters. The van der Waals surface area contributed by atoms with Crippen LogP contribution >= 0.6 is 23.1 Å². The minimum atomic E-state index is -4.37. The number of aromatic nitrogens is 1. The lowest BCUT2D eigenvalue weighted by Gasteiger charge is -2.11. The standard InChI is InChI=1S/C29H24N4O5S3/c1-19-31-26-17-22(11-14-28(26)40-19)20-7-9-21(10-8-20)29(34)32-41(37,38)24-12-13-25(27(18-24)33(35)36)30-15-16-39-23-5-3-2-4-6-23/h2-14,17-18,30H,15-16H2,1H3,(H,32,34). The lowest BCUT2D eigenvalue weighted by atomic mass is 10.0. The van der Waals surface area contributed by atoms with Gasteiger partial charge in [-0.15, -0.1) is 23.1 Å². The van der Waals surface area contributed by atoms with E-state index < -0.39 is 26.5 Å². The molecule has 0 aliphatic carbocycles. The predicted octanol–water partition coefficient (Wildman–Crippen LogP) is 6.50. The van der Waals surface area contributed by atoms with Crippen LogP contribution in [-0.2, 0) is 10.0 Å². The first kappa shape index (κ1) is 28.3. The molecule has 0 bridgehead atoms. The van der Waals surface area contributed by atoms with Crippen molar-refractivity contribution in [1.82, 2.24) is 9.71 Å². The average Bonchev–Trinajstić information content (AvgIpc) is 3.35. The van der Waals surface area contributed by atoms with Crippen LogP contribution in [0, 0.1) is 17.0 Å². The molecule has 1 aromatic heterocycles. The Morgan fingerprint density at radius 3 is 2.44 bits per heavy atom. The van der Waals surface area contributed by atoms with Gasteiger partial charge >= 0.3 is 0 Å². The van der Waals surface area contributed by atoms with Gasteiger partial charge < -0.3 is 5.32 Å².